The minimum atomic E-state index is -0.173. The summed E-state index contributed by atoms with van der Waals surface area (Å²) in [6.07, 6.45) is 0.0843. The highest BCUT2D eigenvalue weighted by Gasteiger charge is 2.33. The maximum Gasteiger partial charge on any atom is 0.128 e. The Morgan fingerprint density at radius 3 is 2.94 bits per heavy atom. The smallest absolute Gasteiger partial charge is 0.128 e. The van der Waals surface area contributed by atoms with E-state index in [1.54, 1.807) is 0 Å². The molecule has 0 saturated carbocycles. The van der Waals surface area contributed by atoms with Crippen LogP contribution in [0.2, 0.25) is 0 Å². The minimum absolute atomic E-state index is 0.0843. The lowest BCUT2D eigenvalue weighted by atomic mass is 10.1. The van der Waals surface area contributed by atoms with Crippen molar-refractivity contribution < 1.29 is 4.74 Å². The van der Waals surface area contributed by atoms with E-state index in [0.29, 0.717) is 6.54 Å². The molecule has 1 unspecified atom stereocenters. The first-order valence-electron chi connectivity index (χ1n) is 6.07. The Kier molecular flexibility index (Phi) is 3.35. The molecular weight excluding hydrogens is 214 g/mol. The molecule has 4 heteroatoms. The van der Waals surface area contributed by atoms with Crippen LogP contribution >= 0.6 is 0 Å². The van der Waals surface area contributed by atoms with Crippen molar-refractivity contribution in [2.75, 3.05) is 24.5 Å². The number of hydrogen-bond donors (Lipinski definition) is 1. The number of ether oxygens (including phenoxy) is 1. The highest BCUT2D eigenvalue weighted by Crippen LogP contribution is 2.24. The Balaban J connectivity index is 2.20. The quantitative estimate of drug-likeness (QED) is 0.840. The lowest BCUT2D eigenvalue weighted by molar-refractivity contribution is -0.0790. The summed E-state index contributed by atoms with van der Waals surface area (Å²) in [7, 11) is 0. The summed E-state index contributed by atoms with van der Waals surface area (Å²) in [4.78, 5) is 6.82. The van der Waals surface area contributed by atoms with Gasteiger partial charge in [-0.25, -0.2) is 4.98 Å². The van der Waals surface area contributed by atoms with E-state index in [-0.39, 0.29) is 11.7 Å². The average molecular weight is 235 g/mol. The van der Waals surface area contributed by atoms with Gasteiger partial charge in [-0.2, -0.15) is 0 Å². The molecule has 0 spiro atoms. The average Bonchev–Trinajstić information content (AvgIpc) is 2.27. The summed E-state index contributed by atoms with van der Waals surface area (Å²) in [6.45, 7) is 8.41. The van der Waals surface area contributed by atoms with Crippen molar-refractivity contribution in [3.8, 4) is 0 Å². The van der Waals surface area contributed by atoms with Gasteiger partial charge in [-0.3, -0.25) is 0 Å². The van der Waals surface area contributed by atoms with Crippen LogP contribution in [-0.4, -0.2) is 36.3 Å². The van der Waals surface area contributed by atoms with Gasteiger partial charge in [0, 0.05) is 25.3 Å². The number of pyridine rings is 1. The molecular formula is C13H21N3O. The zero-order valence-electron chi connectivity index (χ0n) is 10.8. The van der Waals surface area contributed by atoms with E-state index in [1.807, 2.05) is 25.1 Å². The van der Waals surface area contributed by atoms with Gasteiger partial charge in [0.25, 0.3) is 0 Å². The van der Waals surface area contributed by atoms with Gasteiger partial charge in [0.05, 0.1) is 11.7 Å². The standard InChI is InChI=1S/C13H21N3O/c1-10-5-4-6-12(15-10)16-8-11(7-14)17-13(2,3)9-16/h4-6,11H,7-9,14H2,1-3H3. The first-order valence-corrected chi connectivity index (χ1v) is 6.07. The van der Waals surface area contributed by atoms with Crippen LogP contribution in [0, 0.1) is 6.92 Å². The first-order chi connectivity index (χ1) is 8.00. The largest absolute Gasteiger partial charge is 0.367 e. The number of aryl methyl sites for hydroxylation is 1. The fourth-order valence-electron chi connectivity index (χ4n) is 2.30. The number of nitrogens with two attached hydrogens (primary N) is 1. The molecule has 2 N–H and O–H groups in total. The zero-order valence-corrected chi connectivity index (χ0v) is 10.8. The summed E-state index contributed by atoms with van der Waals surface area (Å²) in [5.74, 6) is 1.01. The molecule has 1 aliphatic heterocycles. The van der Waals surface area contributed by atoms with E-state index in [2.05, 4.69) is 23.7 Å². The number of rotatable bonds is 2. The third-order valence-corrected chi connectivity index (χ3v) is 2.94. The van der Waals surface area contributed by atoms with Crippen molar-refractivity contribution in [3.63, 3.8) is 0 Å². The van der Waals surface area contributed by atoms with Gasteiger partial charge in [0.1, 0.15) is 5.82 Å². The van der Waals surface area contributed by atoms with Crippen LogP contribution < -0.4 is 10.6 Å². The monoisotopic (exact) mass is 235 g/mol. The van der Waals surface area contributed by atoms with E-state index in [0.717, 1.165) is 24.6 Å². The van der Waals surface area contributed by atoms with Crippen molar-refractivity contribution in [3.05, 3.63) is 23.9 Å². The minimum Gasteiger partial charge on any atom is -0.367 e. The van der Waals surface area contributed by atoms with Gasteiger partial charge in [-0.05, 0) is 32.9 Å². The predicted molar refractivity (Wildman–Crippen MR) is 69.2 cm³/mol. The molecule has 0 radical (unpaired) electrons. The highest BCUT2D eigenvalue weighted by atomic mass is 16.5. The lowest BCUT2D eigenvalue weighted by Gasteiger charge is -2.43. The SMILES string of the molecule is Cc1cccc(N2CC(CN)OC(C)(C)C2)n1. The molecule has 2 heterocycles. The van der Waals surface area contributed by atoms with E-state index in [4.69, 9.17) is 10.5 Å². The highest BCUT2D eigenvalue weighted by molar-refractivity contribution is 5.40. The Labute approximate surface area is 103 Å². The van der Waals surface area contributed by atoms with Crippen LogP contribution in [0.4, 0.5) is 5.82 Å². The Hall–Kier alpha value is -1.13. The van der Waals surface area contributed by atoms with Crippen molar-refractivity contribution >= 4 is 5.82 Å². The maximum absolute atomic E-state index is 5.91. The fourth-order valence-corrected chi connectivity index (χ4v) is 2.30. The molecule has 1 saturated heterocycles. The predicted octanol–water partition coefficient (Wildman–Crippen LogP) is 1.33. The normalized spacial score (nSPS) is 23.8. The Morgan fingerprint density at radius 1 is 1.53 bits per heavy atom. The summed E-state index contributed by atoms with van der Waals surface area (Å²) < 4.78 is 5.91. The van der Waals surface area contributed by atoms with Crippen LogP contribution in [0.5, 0.6) is 0 Å². The molecule has 94 valence electrons. The molecule has 1 aliphatic rings. The van der Waals surface area contributed by atoms with Crippen LogP contribution in [-0.2, 0) is 4.74 Å². The summed E-state index contributed by atoms with van der Waals surface area (Å²) >= 11 is 0. The van der Waals surface area contributed by atoms with Crippen molar-refractivity contribution in [1.82, 2.24) is 4.98 Å². The van der Waals surface area contributed by atoms with Gasteiger partial charge in [-0.15, -0.1) is 0 Å². The third kappa shape index (κ3) is 2.96. The second kappa shape index (κ2) is 4.63. The van der Waals surface area contributed by atoms with E-state index >= 15 is 0 Å². The molecule has 1 aromatic heterocycles. The molecule has 1 fully saturated rings. The molecule has 1 aromatic rings. The third-order valence-electron chi connectivity index (χ3n) is 2.94. The topological polar surface area (TPSA) is 51.4 Å². The molecule has 0 bridgehead atoms. The zero-order chi connectivity index (χ0) is 12.5. The number of morpholine rings is 1. The summed E-state index contributed by atoms with van der Waals surface area (Å²) in [6, 6.07) is 6.09. The van der Waals surface area contributed by atoms with E-state index in [9.17, 15) is 0 Å². The van der Waals surface area contributed by atoms with Crippen molar-refractivity contribution in [2.24, 2.45) is 5.73 Å². The van der Waals surface area contributed by atoms with Crippen molar-refractivity contribution in [2.45, 2.75) is 32.5 Å². The molecule has 17 heavy (non-hydrogen) atoms. The van der Waals surface area contributed by atoms with Crippen LogP contribution in [0.15, 0.2) is 18.2 Å². The number of anilines is 1. The molecule has 2 rings (SSSR count). The molecule has 0 aromatic carbocycles. The van der Waals surface area contributed by atoms with E-state index < -0.39 is 0 Å². The fraction of sp³-hybridized carbons (Fsp3) is 0.615. The van der Waals surface area contributed by atoms with Crippen LogP contribution in [0.3, 0.4) is 0 Å². The van der Waals surface area contributed by atoms with Gasteiger partial charge >= 0.3 is 0 Å². The van der Waals surface area contributed by atoms with E-state index in [1.165, 1.54) is 0 Å². The lowest BCUT2D eigenvalue weighted by Crippen LogP contribution is -2.55. The number of hydrogen-bond acceptors (Lipinski definition) is 4. The molecule has 0 aliphatic carbocycles. The Morgan fingerprint density at radius 2 is 2.29 bits per heavy atom. The second-order valence-electron chi connectivity index (χ2n) is 5.25. The second-order valence-corrected chi connectivity index (χ2v) is 5.25. The molecule has 4 nitrogen and oxygen atoms in total. The number of aromatic nitrogens is 1. The van der Waals surface area contributed by atoms with Crippen LogP contribution in [0.25, 0.3) is 0 Å². The maximum atomic E-state index is 5.91. The number of nitrogens with zero attached hydrogens (tertiary/aromatic N) is 2. The van der Waals surface area contributed by atoms with Gasteiger partial charge in [0.15, 0.2) is 0 Å². The van der Waals surface area contributed by atoms with Crippen LogP contribution in [0.1, 0.15) is 19.5 Å². The van der Waals surface area contributed by atoms with Gasteiger partial charge in [0.2, 0.25) is 0 Å². The summed E-state index contributed by atoms with van der Waals surface area (Å²) in [5.41, 5.74) is 6.59. The van der Waals surface area contributed by atoms with Gasteiger partial charge in [-0.1, -0.05) is 6.07 Å². The van der Waals surface area contributed by atoms with Gasteiger partial charge < -0.3 is 15.4 Å². The first kappa shape index (κ1) is 12.3. The summed E-state index contributed by atoms with van der Waals surface area (Å²) in [5, 5.41) is 0. The Bertz CT molecular complexity index is 392. The molecule has 0 amide bonds. The molecule has 1 atom stereocenters. The van der Waals surface area contributed by atoms with Crippen molar-refractivity contribution in [1.29, 1.82) is 0 Å².